The Kier molecular flexibility index (Phi) is 5.87. The zero-order valence-corrected chi connectivity index (χ0v) is 16.2. The van der Waals surface area contributed by atoms with Crippen molar-refractivity contribution in [3.05, 3.63) is 57.8 Å². The molecular formula is C17H16N4O4S2. The fourth-order valence-electron chi connectivity index (χ4n) is 2.20. The summed E-state index contributed by atoms with van der Waals surface area (Å²) in [6, 6.07) is 6.06. The van der Waals surface area contributed by atoms with Gasteiger partial charge in [-0.2, -0.15) is 5.10 Å². The number of aromatic nitrogens is 3. The number of hydrogen-bond acceptors (Lipinski definition) is 8. The Morgan fingerprint density at radius 3 is 2.78 bits per heavy atom. The summed E-state index contributed by atoms with van der Waals surface area (Å²) in [6.07, 6.45) is 3.61. The van der Waals surface area contributed by atoms with Crippen LogP contribution in [0.3, 0.4) is 0 Å². The predicted octanol–water partition coefficient (Wildman–Crippen LogP) is 3.68. The van der Waals surface area contributed by atoms with Crippen LogP contribution in [-0.4, -0.2) is 30.9 Å². The number of benzene rings is 1. The minimum Gasteiger partial charge on any atom is -0.458 e. The number of thiazole rings is 1. The van der Waals surface area contributed by atoms with Crippen LogP contribution in [0.5, 0.6) is 0 Å². The van der Waals surface area contributed by atoms with Crippen molar-refractivity contribution >= 4 is 34.8 Å². The summed E-state index contributed by atoms with van der Waals surface area (Å²) in [5.74, 6) is -0.366. The molecular weight excluding hydrogens is 388 g/mol. The Labute approximate surface area is 163 Å². The van der Waals surface area contributed by atoms with Gasteiger partial charge in [-0.3, -0.25) is 19.6 Å². The quantitative estimate of drug-likeness (QED) is 0.256. The lowest BCUT2D eigenvalue weighted by Gasteiger charge is -2.10. The number of ether oxygens (including phenoxy) is 1. The molecule has 1 aromatic carbocycles. The van der Waals surface area contributed by atoms with Crippen molar-refractivity contribution in [1.82, 2.24) is 14.8 Å². The van der Waals surface area contributed by atoms with Crippen molar-refractivity contribution in [3.63, 3.8) is 0 Å². The minimum atomic E-state index is -0.459. The molecule has 27 heavy (non-hydrogen) atoms. The van der Waals surface area contributed by atoms with Gasteiger partial charge in [0, 0.05) is 41.2 Å². The van der Waals surface area contributed by atoms with Gasteiger partial charge in [-0.1, -0.05) is 0 Å². The summed E-state index contributed by atoms with van der Waals surface area (Å²) in [7, 11) is 1.84. The van der Waals surface area contributed by atoms with E-state index < -0.39 is 10.2 Å². The standard InChI is InChI=1S/C17H16N4O4S2/c1-11(27-15-5-3-14(4-6-15)21(23)24)17(22)25-9-13-10-26-16(19-13)12-7-18-20(2)8-12/h3-8,10-11H,9H2,1-2H3. The molecule has 0 fully saturated rings. The van der Waals surface area contributed by atoms with Crippen molar-refractivity contribution in [1.29, 1.82) is 0 Å². The van der Waals surface area contributed by atoms with E-state index in [0.717, 1.165) is 15.5 Å². The maximum absolute atomic E-state index is 12.2. The van der Waals surface area contributed by atoms with Crippen LogP contribution in [0.1, 0.15) is 12.6 Å². The Hall–Kier alpha value is -2.72. The Morgan fingerprint density at radius 2 is 2.15 bits per heavy atom. The topological polar surface area (TPSA) is 100 Å². The Morgan fingerprint density at radius 1 is 1.41 bits per heavy atom. The molecule has 8 nitrogen and oxygen atoms in total. The van der Waals surface area contributed by atoms with Crippen molar-refractivity contribution in [3.8, 4) is 10.6 Å². The van der Waals surface area contributed by atoms with Gasteiger partial charge in [0.2, 0.25) is 0 Å². The molecule has 0 aliphatic heterocycles. The first-order valence-electron chi connectivity index (χ1n) is 7.93. The van der Waals surface area contributed by atoms with Crippen LogP contribution in [0.15, 0.2) is 46.9 Å². The molecule has 0 N–H and O–H groups in total. The van der Waals surface area contributed by atoms with Crippen LogP contribution in [0, 0.1) is 10.1 Å². The molecule has 140 valence electrons. The summed E-state index contributed by atoms with van der Waals surface area (Å²) in [6.45, 7) is 1.83. The van der Waals surface area contributed by atoms with Gasteiger partial charge in [-0.15, -0.1) is 23.1 Å². The maximum Gasteiger partial charge on any atom is 0.319 e. The summed E-state index contributed by atoms with van der Waals surface area (Å²) < 4.78 is 7.04. The molecule has 1 unspecified atom stereocenters. The van der Waals surface area contributed by atoms with Crippen molar-refractivity contribution in [2.24, 2.45) is 7.05 Å². The number of aryl methyl sites for hydroxylation is 1. The van der Waals surface area contributed by atoms with E-state index in [-0.39, 0.29) is 18.3 Å². The molecule has 0 bridgehead atoms. The third kappa shape index (κ3) is 4.92. The number of rotatable bonds is 7. The van der Waals surface area contributed by atoms with Crippen LogP contribution in [0.25, 0.3) is 10.6 Å². The van der Waals surface area contributed by atoms with Gasteiger partial charge in [-0.25, -0.2) is 4.98 Å². The molecule has 0 saturated carbocycles. The molecule has 0 spiro atoms. The van der Waals surface area contributed by atoms with Crippen molar-refractivity contribution < 1.29 is 14.5 Å². The molecule has 0 aliphatic carbocycles. The second kappa shape index (κ2) is 8.31. The fourth-order valence-corrected chi connectivity index (χ4v) is 3.84. The highest BCUT2D eigenvalue weighted by atomic mass is 32.2. The first-order chi connectivity index (χ1) is 12.9. The van der Waals surface area contributed by atoms with Gasteiger partial charge in [0.25, 0.3) is 5.69 Å². The molecule has 3 rings (SSSR count). The number of hydrogen-bond donors (Lipinski definition) is 0. The maximum atomic E-state index is 12.2. The van der Waals surface area contributed by atoms with Gasteiger partial charge in [0.15, 0.2) is 0 Å². The largest absolute Gasteiger partial charge is 0.458 e. The second-order valence-corrected chi connectivity index (χ2v) is 7.94. The minimum absolute atomic E-state index is 0.0162. The molecule has 0 radical (unpaired) electrons. The van der Waals surface area contributed by atoms with E-state index in [4.69, 9.17) is 4.74 Å². The van der Waals surface area contributed by atoms with Crippen LogP contribution in [0.2, 0.25) is 0 Å². The van der Waals surface area contributed by atoms with E-state index in [9.17, 15) is 14.9 Å². The first-order valence-corrected chi connectivity index (χ1v) is 9.69. The van der Waals surface area contributed by atoms with Crippen molar-refractivity contribution in [2.45, 2.75) is 23.7 Å². The van der Waals surface area contributed by atoms with Gasteiger partial charge >= 0.3 is 5.97 Å². The summed E-state index contributed by atoms with van der Waals surface area (Å²) >= 11 is 2.75. The smallest absolute Gasteiger partial charge is 0.319 e. The molecule has 0 amide bonds. The summed E-state index contributed by atoms with van der Waals surface area (Å²) in [5, 5.41) is 17.0. The number of non-ortho nitro benzene ring substituents is 1. The zero-order chi connectivity index (χ0) is 19.4. The molecule has 3 aromatic rings. The monoisotopic (exact) mass is 404 g/mol. The number of nitro groups is 1. The van der Waals surface area contributed by atoms with Crippen LogP contribution in [-0.2, 0) is 23.2 Å². The first kappa shape index (κ1) is 19.1. The lowest BCUT2D eigenvalue weighted by Crippen LogP contribution is -2.16. The summed E-state index contributed by atoms with van der Waals surface area (Å²) in [4.78, 5) is 27.6. The molecule has 10 heteroatoms. The number of carbonyl (C=O) groups excluding carboxylic acids is 1. The third-order valence-electron chi connectivity index (χ3n) is 3.56. The van der Waals surface area contributed by atoms with Gasteiger partial charge < -0.3 is 4.74 Å². The van der Waals surface area contributed by atoms with E-state index in [0.29, 0.717) is 5.69 Å². The van der Waals surface area contributed by atoms with E-state index in [1.165, 1.54) is 35.2 Å². The van der Waals surface area contributed by atoms with Crippen LogP contribution < -0.4 is 0 Å². The SMILES string of the molecule is CC(Sc1ccc([N+](=O)[O-])cc1)C(=O)OCc1csc(-c2cnn(C)c2)n1. The molecule has 0 saturated heterocycles. The predicted molar refractivity (Wildman–Crippen MR) is 103 cm³/mol. The normalized spacial score (nSPS) is 11.9. The number of carbonyl (C=O) groups is 1. The number of thioether (sulfide) groups is 1. The number of nitrogens with zero attached hydrogens (tertiary/aromatic N) is 4. The van der Waals surface area contributed by atoms with Crippen molar-refractivity contribution in [2.75, 3.05) is 0 Å². The highest BCUT2D eigenvalue weighted by Gasteiger charge is 2.17. The fraction of sp³-hybridized carbons (Fsp3) is 0.235. The van der Waals surface area contributed by atoms with Crippen LogP contribution in [0.4, 0.5) is 5.69 Å². The molecule has 2 heterocycles. The zero-order valence-electron chi connectivity index (χ0n) is 14.6. The molecule has 2 aromatic heterocycles. The highest BCUT2D eigenvalue weighted by Crippen LogP contribution is 2.27. The lowest BCUT2D eigenvalue weighted by atomic mass is 10.3. The Bertz CT molecular complexity index is 952. The third-order valence-corrected chi connectivity index (χ3v) is 5.59. The van der Waals surface area contributed by atoms with E-state index in [2.05, 4.69) is 10.1 Å². The average molecular weight is 404 g/mol. The summed E-state index contributed by atoms with van der Waals surface area (Å²) in [5.41, 5.74) is 1.62. The number of esters is 1. The highest BCUT2D eigenvalue weighted by molar-refractivity contribution is 8.00. The molecule has 1 atom stereocenters. The van der Waals surface area contributed by atoms with Gasteiger partial charge in [0.1, 0.15) is 16.9 Å². The van der Waals surface area contributed by atoms with Gasteiger partial charge in [-0.05, 0) is 19.1 Å². The number of nitro benzene ring substituents is 1. The van der Waals surface area contributed by atoms with Crippen LogP contribution >= 0.6 is 23.1 Å². The second-order valence-electron chi connectivity index (χ2n) is 5.67. The van der Waals surface area contributed by atoms with E-state index in [1.807, 2.05) is 18.6 Å². The van der Waals surface area contributed by atoms with E-state index >= 15 is 0 Å². The van der Waals surface area contributed by atoms with E-state index in [1.54, 1.807) is 29.9 Å². The Balaban J connectivity index is 1.52. The molecule has 0 aliphatic rings. The average Bonchev–Trinajstić information content (AvgIpc) is 3.28. The lowest BCUT2D eigenvalue weighted by molar-refractivity contribution is -0.384. The van der Waals surface area contributed by atoms with Gasteiger partial charge in [0.05, 0.1) is 16.8 Å².